The van der Waals surface area contributed by atoms with Crippen LogP contribution < -0.4 is 0 Å². The summed E-state index contributed by atoms with van der Waals surface area (Å²) in [6.45, 7) is 1.42. The van der Waals surface area contributed by atoms with E-state index in [0.717, 1.165) is 22.0 Å². The molecule has 0 N–H and O–H groups in total. The predicted molar refractivity (Wildman–Crippen MR) is 104 cm³/mol. The lowest BCUT2D eigenvalue weighted by molar-refractivity contribution is -0.133. The first-order valence-corrected chi connectivity index (χ1v) is 10.7. The van der Waals surface area contributed by atoms with E-state index in [0.29, 0.717) is 12.6 Å². The zero-order valence-electron chi connectivity index (χ0n) is 16.1. The van der Waals surface area contributed by atoms with Crippen molar-refractivity contribution in [3.63, 3.8) is 0 Å². The summed E-state index contributed by atoms with van der Waals surface area (Å²) in [5.41, 5.74) is 1.10. The molecule has 2 aromatic rings. The molecule has 1 fully saturated rings. The molecule has 0 saturated carbocycles. The molecule has 1 amide bonds. The van der Waals surface area contributed by atoms with Crippen LogP contribution in [0.4, 0.5) is 8.78 Å². The molecule has 3 rings (SSSR count). The maximum absolute atomic E-state index is 13.9. The predicted octanol–water partition coefficient (Wildman–Crippen LogP) is 1.93. The van der Waals surface area contributed by atoms with Gasteiger partial charge in [0.15, 0.2) is 0 Å². The number of likely N-dealkylation sites (N-methyl/N-ethyl adjacent to an activating group) is 1. The molecule has 2 aromatic carbocycles. The zero-order chi connectivity index (χ0) is 21.0. The molecule has 29 heavy (non-hydrogen) atoms. The van der Waals surface area contributed by atoms with Gasteiger partial charge in [-0.15, -0.1) is 0 Å². The van der Waals surface area contributed by atoms with Crippen LogP contribution in [0.15, 0.2) is 53.4 Å². The quantitative estimate of drug-likeness (QED) is 0.713. The molecule has 1 aliphatic heterocycles. The summed E-state index contributed by atoms with van der Waals surface area (Å²) < 4.78 is 53.4. The smallest absolute Gasteiger partial charge is 0.246 e. The minimum atomic E-state index is -4.08. The standard InChI is InChI=1S/C20H23F2N3O3S/c1-23(14-16-5-3-2-4-6-16)15-20(26)24-9-11-25(12-10-24)29(27,28)19-8-7-17(21)13-18(19)22/h2-8,13H,9-12,14-15H2,1H3. The van der Waals surface area contributed by atoms with E-state index in [4.69, 9.17) is 0 Å². The molecule has 0 aromatic heterocycles. The van der Waals surface area contributed by atoms with E-state index in [1.165, 1.54) is 0 Å². The van der Waals surface area contributed by atoms with Crippen LogP contribution in [0.25, 0.3) is 0 Å². The van der Waals surface area contributed by atoms with Crippen molar-refractivity contribution >= 4 is 15.9 Å². The Hall–Kier alpha value is -2.36. The molecular formula is C20H23F2N3O3S. The summed E-state index contributed by atoms with van der Waals surface area (Å²) in [4.78, 5) is 15.5. The van der Waals surface area contributed by atoms with E-state index < -0.39 is 26.6 Å². The van der Waals surface area contributed by atoms with Gasteiger partial charge in [0.2, 0.25) is 15.9 Å². The SMILES string of the molecule is CN(CC(=O)N1CCN(S(=O)(=O)c2ccc(F)cc2F)CC1)Cc1ccccc1. The molecule has 0 aliphatic carbocycles. The summed E-state index contributed by atoms with van der Waals surface area (Å²) in [6, 6.07) is 12.2. The van der Waals surface area contributed by atoms with Crippen molar-refractivity contribution in [2.24, 2.45) is 0 Å². The highest BCUT2D eigenvalue weighted by Gasteiger charge is 2.32. The van der Waals surface area contributed by atoms with Crippen LogP contribution in [0.1, 0.15) is 5.56 Å². The highest BCUT2D eigenvalue weighted by molar-refractivity contribution is 7.89. The normalized spacial score (nSPS) is 15.7. The topological polar surface area (TPSA) is 60.9 Å². The minimum Gasteiger partial charge on any atom is -0.339 e. The van der Waals surface area contributed by atoms with E-state index >= 15 is 0 Å². The Labute approximate surface area is 169 Å². The average molecular weight is 423 g/mol. The van der Waals surface area contributed by atoms with E-state index in [1.54, 1.807) is 4.90 Å². The lowest BCUT2D eigenvalue weighted by atomic mass is 10.2. The Morgan fingerprint density at radius 1 is 1.03 bits per heavy atom. The van der Waals surface area contributed by atoms with Gasteiger partial charge in [0.05, 0.1) is 6.54 Å². The maximum Gasteiger partial charge on any atom is 0.246 e. The Balaban J connectivity index is 1.56. The average Bonchev–Trinajstić information content (AvgIpc) is 2.68. The summed E-state index contributed by atoms with van der Waals surface area (Å²) in [7, 11) is -2.23. The summed E-state index contributed by atoms with van der Waals surface area (Å²) >= 11 is 0. The number of carbonyl (C=O) groups excluding carboxylic acids is 1. The minimum absolute atomic E-state index is 0.0628. The highest BCUT2D eigenvalue weighted by Crippen LogP contribution is 2.21. The lowest BCUT2D eigenvalue weighted by Gasteiger charge is -2.34. The number of piperazine rings is 1. The van der Waals surface area contributed by atoms with Crippen LogP contribution >= 0.6 is 0 Å². The van der Waals surface area contributed by atoms with Crippen molar-refractivity contribution in [1.29, 1.82) is 0 Å². The fourth-order valence-corrected chi connectivity index (χ4v) is 4.75. The summed E-state index contributed by atoms with van der Waals surface area (Å²) in [6.07, 6.45) is 0. The number of rotatable bonds is 6. The third kappa shape index (κ3) is 5.17. The molecule has 0 bridgehead atoms. The van der Waals surface area contributed by atoms with Crippen LogP contribution in [-0.4, -0.2) is 68.2 Å². The second-order valence-corrected chi connectivity index (χ2v) is 8.92. The number of amides is 1. The third-order valence-corrected chi connectivity index (χ3v) is 6.74. The highest BCUT2D eigenvalue weighted by atomic mass is 32.2. The van der Waals surface area contributed by atoms with Crippen molar-refractivity contribution in [2.45, 2.75) is 11.4 Å². The van der Waals surface area contributed by atoms with Gasteiger partial charge >= 0.3 is 0 Å². The van der Waals surface area contributed by atoms with Crippen LogP contribution in [0.5, 0.6) is 0 Å². The van der Waals surface area contributed by atoms with Crippen molar-refractivity contribution in [1.82, 2.24) is 14.1 Å². The molecule has 6 nitrogen and oxygen atoms in total. The van der Waals surface area contributed by atoms with Gasteiger partial charge in [-0.2, -0.15) is 4.31 Å². The molecule has 1 saturated heterocycles. The molecule has 1 heterocycles. The van der Waals surface area contributed by atoms with Gasteiger partial charge < -0.3 is 4.90 Å². The van der Waals surface area contributed by atoms with Crippen LogP contribution in [0, 0.1) is 11.6 Å². The Morgan fingerprint density at radius 2 is 1.69 bits per heavy atom. The number of benzene rings is 2. The lowest BCUT2D eigenvalue weighted by Crippen LogP contribution is -2.52. The van der Waals surface area contributed by atoms with Gasteiger partial charge in [0.1, 0.15) is 16.5 Å². The molecule has 0 spiro atoms. The first kappa shape index (κ1) is 21.4. The summed E-state index contributed by atoms with van der Waals surface area (Å²) in [5, 5.41) is 0. The maximum atomic E-state index is 13.9. The van der Waals surface area contributed by atoms with Crippen LogP contribution in [-0.2, 0) is 21.4 Å². The number of halogens is 2. The molecular weight excluding hydrogens is 400 g/mol. The molecule has 9 heteroatoms. The molecule has 1 aliphatic rings. The van der Waals surface area contributed by atoms with E-state index in [1.807, 2.05) is 42.3 Å². The van der Waals surface area contributed by atoms with Gasteiger partial charge in [-0.3, -0.25) is 9.69 Å². The van der Waals surface area contributed by atoms with Crippen LogP contribution in [0.3, 0.4) is 0 Å². The Morgan fingerprint density at radius 3 is 2.31 bits per heavy atom. The molecule has 0 atom stereocenters. The molecule has 156 valence electrons. The fourth-order valence-electron chi connectivity index (χ4n) is 3.28. The van der Waals surface area contributed by atoms with Crippen LogP contribution in [0.2, 0.25) is 0 Å². The van der Waals surface area contributed by atoms with Crippen molar-refractivity contribution in [3.05, 3.63) is 65.7 Å². The number of nitrogens with zero attached hydrogens (tertiary/aromatic N) is 3. The number of sulfonamides is 1. The number of hydrogen-bond acceptors (Lipinski definition) is 4. The second-order valence-electron chi connectivity index (χ2n) is 7.02. The fraction of sp³-hybridized carbons (Fsp3) is 0.350. The van der Waals surface area contributed by atoms with Crippen molar-refractivity contribution in [2.75, 3.05) is 39.8 Å². The zero-order valence-corrected chi connectivity index (χ0v) is 16.9. The first-order chi connectivity index (χ1) is 13.8. The number of hydrogen-bond donors (Lipinski definition) is 0. The first-order valence-electron chi connectivity index (χ1n) is 9.23. The van der Waals surface area contributed by atoms with Gasteiger partial charge in [-0.05, 0) is 24.7 Å². The van der Waals surface area contributed by atoms with Crippen molar-refractivity contribution < 1.29 is 22.0 Å². The van der Waals surface area contributed by atoms with E-state index in [9.17, 15) is 22.0 Å². The largest absolute Gasteiger partial charge is 0.339 e. The Bertz CT molecular complexity index is 962. The second kappa shape index (κ2) is 8.98. The van der Waals surface area contributed by atoms with E-state index in [-0.39, 0.29) is 38.6 Å². The molecule has 0 unspecified atom stereocenters. The Kier molecular flexibility index (Phi) is 6.61. The van der Waals surface area contributed by atoms with Crippen molar-refractivity contribution in [3.8, 4) is 0 Å². The monoisotopic (exact) mass is 423 g/mol. The third-order valence-electron chi connectivity index (χ3n) is 4.80. The molecule has 0 radical (unpaired) electrons. The van der Waals surface area contributed by atoms with Gasteiger partial charge in [-0.25, -0.2) is 17.2 Å². The number of carbonyl (C=O) groups is 1. The van der Waals surface area contributed by atoms with E-state index in [2.05, 4.69) is 0 Å². The summed E-state index contributed by atoms with van der Waals surface area (Å²) in [5.74, 6) is -2.05. The van der Waals surface area contributed by atoms with Gasteiger partial charge in [-0.1, -0.05) is 30.3 Å². The van der Waals surface area contributed by atoms with Gasteiger partial charge in [0, 0.05) is 38.8 Å². The van der Waals surface area contributed by atoms with Gasteiger partial charge in [0.25, 0.3) is 0 Å².